The molecular formula is C22H23N5O3. The number of nitrogens with one attached hydrogen (secondary N) is 2. The maximum Gasteiger partial charge on any atom is 0.253 e. The maximum absolute atomic E-state index is 12.2. The van der Waals surface area contributed by atoms with Crippen molar-refractivity contribution in [2.75, 3.05) is 19.7 Å². The summed E-state index contributed by atoms with van der Waals surface area (Å²) in [5.74, 6) is -0.624. The number of carbonyl (C=O) groups is 2. The second-order valence-electron chi connectivity index (χ2n) is 7.06. The summed E-state index contributed by atoms with van der Waals surface area (Å²) in [5.41, 5.74) is 3.58. The van der Waals surface area contributed by atoms with Gasteiger partial charge >= 0.3 is 0 Å². The van der Waals surface area contributed by atoms with Crippen LogP contribution in [0, 0.1) is 0 Å². The summed E-state index contributed by atoms with van der Waals surface area (Å²) in [6, 6.07) is 13.4. The van der Waals surface area contributed by atoms with Crippen molar-refractivity contribution < 1.29 is 14.3 Å². The smallest absolute Gasteiger partial charge is 0.253 e. The number of benzene rings is 1. The zero-order valence-corrected chi connectivity index (χ0v) is 16.5. The minimum absolute atomic E-state index is 0.115. The fourth-order valence-electron chi connectivity index (χ4n) is 3.37. The van der Waals surface area contributed by atoms with E-state index in [1.807, 2.05) is 29.1 Å². The monoisotopic (exact) mass is 405 g/mol. The summed E-state index contributed by atoms with van der Waals surface area (Å²) in [4.78, 5) is 28.1. The Bertz CT molecular complexity index is 1000. The number of nitrogens with zero attached hydrogens (tertiary/aromatic N) is 3. The van der Waals surface area contributed by atoms with Crippen molar-refractivity contribution in [2.45, 2.75) is 19.1 Å². The zero-order chi connectivity index (χ0) is 20.8. The van der Waals surface area contributed by atoms with E-state index in [-0.39, 0.29) is 24.5 Å². The van der Waals surface area contributed by atoms with Crippen LogP contribution in [0.15, 0.2) is 61.1 Å². The number of aromatic nitrogens is 3. The van der Waals surface area contributed by atoms with Crippen LogP contribution >= 0.6 is 0 Å². The molecule has 1 aliphatic heterocycles. The van der Waals surface area contributed by atoms with Gasteiger partial charge in [-0.2, -0.15) is 5.10 Å². The number of carbonyl (C=O) groups excluding carboxylic acids is 2. The van der Waals surface area contributed by atoms with Gasteiger partial charge in [0.1, 0.15) is 6.10 Å². The van der Waals surface area contributed by atoms with Gasteiger partial charge in [0.15, 0.2) is 0 Å². The molecule has 0 aliphatic carbocycles. The van der Waals surface area contributed by atoms with E-state index in [4.69, 9.17) is 4.74 Å². The molecule has 154 valence electrons. The number of fused-ring (bicyclic) bond motifs is 1. The van der Waals surface area contributed by atoms with Crippen molar-refractivity contribution >= 4 is 11.8 Å². The van der Waals surface area contributed by atoms with Crippen LogP contribution in [0.25, 0.3) is 0 Å². The van der Waals surface area contributed by atoms with Gasteiger partial charge in [0.05, 0.1) is 31.0 Å². The van der Waals surface area contributed by atoms with Gasteiger partial charge in [-0.05, 0) is 29.7 Å². The molecule has 0 radical (unpaired) electrons. The molecule has 2 amide bonds. The Kier molecular flexibility index (Phi) is 6.14. The Hall–Kier alpha value is -3.52. The van der Waals surface area contributed by atoms with Gasteiger partial charge in [0, 0.05) is 25.1 Å². The number of hydrogen-bond donors (Lipinski definition) is 2. The van der Waals surface area contributed by atoms with E-state index >= 15 is 0 Å². The fraction of sp³-hybridized carbons (Fsp3) is 0.273. The predicted molar refractivity (Wildman–Crippen MR) is 110 cm³/mol. The molecule has 0 fully saturated rings. The van der Waals surface area contributed by atoms with Crippen molar-refractivity contribution in [1.29, 1.82) is 0 Å². The maximum atomic E-state index is 12.2. The van der Waals surface area contributed by atoms with E-state index in [9.17, 15) is 9.59 Å². The summed E-state index contributed by atoms with van der Waals surface area (Å²) in [7, 11) is 0. The van der Waals surface area contributed by atoms with Crippen molar-refractivity contribution in [2.24, 2.45) is 0 Å². The SMILES string of the molecule is O=C(CNC(=O)c1cccnc1)NC[C@@H]1OCCc2cn(Cc3ccccc3)nc21. The van der Waals surface area contributed by atoms with Gasteiger partial charge in [-0.3, -0.25) is 19.3 Å². The highest BCUT2D eigenvalue weighted by atomic mass is 16.5. The second-order valence-corrected chi connectivity index (χ2v) is 7.06. The first-order valence-corrected chi connectivity index (χ1v) is 9.86. The third-order valence-corrected chi connectivity index (χ3v) is 4.87. The van der Waals surface area contributed by atoms with Crippen LogP contribution in [0.1, 0.15) is 33.3 Å². The molecule has 1 aromatic carbocycles. The minimum Gasteiger partial charge on any atom is -0.370 e. The van der Waals surface area contributed by atoms with E-state index in [2.05, 4.69) is 32.8 Å². The van der Waals surface area contributed by atoms with E-state index < -0.39 is 0 Å². The lowest BCUT2D eigenvalue weighted by Gasteiger charge is -2.22. The summed E-state index contributed by atoms with van der Waals surface area (Å²) in [6.45, 7) is 1.46. The van der Waals surface area contributed by atoms with Gasteiger partial charge in [-0.25, -0.2) is 0 Å². The third-order valence-electron chi connectivity index (χ3n) is 4.87. The molecule has 3 heterocycles. The summed E-state index contributed by atoms with van der Waals surface area (Å²) >= 11 is 0. The minimum atomic E-state index is -0.339. The molecule has 4 rings (SSSR count). The fourth-order valence-corrected chi connectivity index (χ4v) is 3.37. The van der Waals surface area contributed by atoms with Gasteiger partial charge in [0.2, 0.25) is 5.91 Å². The molecule has 0 saturated carbocycles. The molecular weight excluding hydrogens is 382 g/mol. The number of ether oxygens (including phenoxy) is 1. The molecule has 2 N–H and O–H groups in total. The highest BCUT2D eigenvalue weighted by molar-refractivity contribution is 5.96. The first-order valence-electron chi connectivity index (χ1n) is 9.86. The number of hydrogen-bond acceptors (Lipinski definition) is 5. The average Bonchev–Trinajstić information content (AvgIpc) is 3.20. The van der Waals surface area contributed by atoms with Crippen LogP contribution in [-0.4, -0.2) is 46.3 Å². The van der Waals surface area contributed by atoms with Crippen LogP contribution in [0.5, 0.6) is 0 Å². The Morgan fingerprint density at radius 2 is 2.00 bits per heavy atom. The van der Waals surface area contributed by atoms with E-state index in [0.717, 1.165) is 17.7 Å². The highest BCUT2D eigenvalue weighted by Gasteiger charge is 2.25. The molecule has 0 unspecified atom stereocenters. The van der Waals surface area contributed by atoms with Crippen LogP contribution in [-0.2, 0) is 22.5 Å². The molecule has 0 saturated heterocycles. The molecule has 2 aromatic heterocycles. The standard InChI is InChI=1S/C22H23N5O3/c28-20(13-25-22(29)17-7-4-9-23-11-17)24-12-19-21-18(8-10-30-19)15-27(26-21)14-16-5-2-1-3-6-16/h1-7,9,11,15,19H,8,10,12-14H2,(H,24,28)(H,25,29)/t19-/m0/s1. The van der Waals surface area contributed by atoms with Crippen molar-refractivity contribution in [3.63, 3.8) is 0 Å². The summed E-state index contributed by atoms with van der Waals surface area (Å²) in [5, 5.41) is 10.1. The number of pyridine rings is 1. The molecule has 0 bridgehead atoms. The van der Waals surface area contributed by atoms with Crippen LogP contribution < -0.4 is 10.6 Å². The van der Waals surface area contributed by atoms with Gasteiger partial charge in [0.25, 0.3) is 5.91 Å². The molecule has 1 atom stereocenters. The number of rotatable bonds is 7. The molecule has 0 spiro atoms. The normalized spacial score (nSPS) is 15.3. The van der Waals surface area contributed by atoms with Crippen LogP contribution in [0.3, 0.4) is 0 Å². The van der Waals surface area contributed by atoms with E-state index in [1.54, 1.807) is 18.3 Å². The summed E-state index contributed by atoms with van der Waals surface area (Å²) in [6.07, 6.45) is 5.59. The first kappa shape index (κ1) is 19.8. The van der Waals surface area contributed by atoms with Crippen molar-refractivity contribution in [1.82, 2.24) is 25.4 Å². The average molecular weight is 405 g/mol. The third kappa shape index (κ3) is 4.90. The number of amides is 2. The summed E-state index contributed by atoms with van der Waals surface area (Å²) < 4.78 is 7.74. The molecule has 8 nitrogen and oxygen atoms in total. The second kappa shape index (κ2) is 9.32. The Labute approximate surface area is 174 Å². The Morgan fingerprint density at radius 1 is 1.13 bits per heavy atom. The lowest BCUT2D eigenvalue weighted by atomic mass is 10.1. The quantitative estimate of drug-likeness (QED) is 0.621. The van der Waals surface area contributed by atoms with Crippen molar-refractivity contribution in [3.05, 3.63) is 83.4 Å². The van der Waals surface area contributed by atoms with E-state index in [1.165, 1.54) is 11.8 Å². The van der Waals surface area contributed by atoms with Gasteiger partial charge < -0.3 is 15.4 Å². The van der Waals surface area contributed by atoms with Crippen molar-refractivity contribution in [3.8, 4) is 0 Å². The first-order chi connectivity index (χ1) is 14.7. The molecule has 8 heteroatoms. The van der Waals surface area contributed by atoms with E-state index in [0.29, 0.717) is 25.3 Å². The van der Waals surface area contributed by atoms with Crippen LogP contribution in [0.2, 0.25) is 0 Å². The Morgan fingerprint density at radius 3 is 2.80 bits per heavy atom. The highest BCUT2D eigenvalue weighted by Crippen LogP contribution is 2.25. The zero-order valence-electron chi connectivity index (χ0n) is 16.5. The van der Waals surface area contributed by atoms with Crippen LogP contribution in [0.4, 0.5) is 0 Å². The lowest BCUT2D eigenvalue weighted by molar-refractivity contribution is -0.120. The lowest BCUT2D eigenvalue weighted by Crippen LogP contribution is -2.39. The Balaban J connectivity index is 1.30. The van der Waals surface area contributed by atoms with Gasteiger partial charge in [-0.15, -0.1) is 0 Å². The molecule has 1 aliphatic rings. The largest absolute Gasteiger partial charge is 0.370 e. The van der Waals surface area contributed by atoms with Gasteiger partial charge in [-0.1, -0.05) is 30.3 Å². The predicted octanol–water partition coefficient (Wildman–Crippen LogP) is 1.49. The molecule has 30 heavy (non-hydrogen) atoms. The topological polar surface area (TPSA) is 98.1 Å². The molecule has 3 aromatic rings.